The third kappa shape index (κ3) is 1.62. The van der Waals surface area contributed by atoms with E-state index in [0.29, 0.717) is 11.8 Å². The number of aldehydes is 1. The van der Waals surface area contributed by atoms with Crippen molar-refractivity contribution in [3.05, 3.63) is 35.9 Å². The van der Waals surface area contributed by atoms with E-state index in [1.54, 1.807) is 13.0 Å². The molecule has 0 saturated heterocycles. The number of aromatic hydroxyl groups is 2. The maximum atomic E-state index is 10.5. The van der Waals surface area contributed by atoms with Gasteiger partial charge in [0.25, 0.3) is 0 Å². The lowest BCUT2D eigenvalue weighted by molar-refractivity contribution is 0.112. The standard InChI is InChI=1S/C11H12O3/c1-3-7(2)10-9(13)5-4-8(6-12)11(10)14/h3-7,13-14H,1H2,2H3. The minimum atomic E-state index is -0.199. The Labute approximate surface area is 82.3 Å². The number of allylic oxidation sites excluding steroid dienone is 1. The molecule has 0 radical (unpaired) electrons. The summed E-state index contributed by atoms with van der Waals surface area (Å²) in [6, 6.07) is 2.76. The van der Waals surface area contributed by atoms with Crippen LogP contribution in [0.1, 0.15) is 28.8 Å². The highest BCUT2D eigenvalue weighted by Crippen LogP contribution is 2.36. The van der Waals surface area contributed by atoms with Crippen molar-refractivity contribution in [1.82, 2.24) is 0 Å². The van der Waals surface area contributed by atoms with Gasteiger partial charge in [0, 0.05) is 11.5 Å². The fraction of sp³-hybridized carbons (Fsp3) is 0.182. The van der Waals surface area contributed by atoms with E-state index in [1.165, 1.54) is 12.1 Å². The van der Waals surface area contributed by atoms with E-state index in [2.05, 4.69) is 6.58 Å². The van der Waals surface area contributed by atoms with E-state index in [-0.39, 0.29) is 23.0 Å². The summed E-state index contributed by atoms with van der Waals surface area (Å²) in [5.41, 5.74) is 0.510. The number of carbonyl (C=O) groups excluding carboxylic acids is 1. The lowest BCUT2D eigenvalue weighted by Crippen LogP contribution is -1.94. The average molecular weight is 192 g/mol. The molecule has 0 aliphatic heterocycles. The summed E-state index contributed by atoms with van der Waals surface area (Å²) in [6.45, 7) is 5.34. The van der Waals surface area contributed by atoms with Gasteiger partial charge in [-0.1, -0.05) is 13.0 Å². The Hall–Kier alpha value is -1.77. The molecule has 1 rings (SSSR count). The van der Waals surface area contributed by atoms with E-state index in [0.717, 1.165) is 0 Å². The minimum absolute atomic E-state index is 0.0273. The molecule has 0 amide bonds. The average Bonchev–Trinajstić information content (AvgIpc) is 2.18. The first-order valence-electron chi connectivity index (χ1n) is 4.24. The second-order valence-corrected chi connectivity index (χ2v) is 3.08. The zero-order valence-corrected chi connectivity index (χ0v) is 7.90. The number of rotatable bonds is 3. The first-order chi connectivity index (χ1) is 6.61. The molecule has 0 aromatic heterocycles. The van der Waals surface area contributed by atoms with Crippen LogP contribution in [-0.2, 0) is 0 Å². The molecular formula is C11H12O3. The second-order valence-electron chi connectivity index (χ2n) is 3.08. The molecule has 14 heavy (non-hydrogen) atoms. The Bertz CT molecular complexity index is 369. The Morgan fingerprint density at radius 3 is 2.57 bits per heavy atom. The summed E-state index contributed by atoms with van der Waals surface area (Å²) >= 11 is 0. The largest absolute Gasteiger partial charge is 0.508 e. The van der Waals surface area contributed by atoms with E-state index in [1.807, 2.05) is 0 Å². The molecule has 0 heterocycles. The van der Waals surface area contributed by atoms with Crippen molar-refractivity contribution in [2.45, 2.75) is 12.8 Å². The Kier molecular flexibility index (Phi) is 2.92. The van der Waals surface area contributed by atoms with Gasteiger partial charge >= 0.3 is 0 Å². The van der Waals surface area contributed by atoms with Crippen LogP contribution < -0.4 is 0 Å². The van der Waals surface area contributed by atoms with Crippen LogP contribution in [-0.4, -0.2) is 16.5 Å². The molecule has 1 aromatic rings. The van der Waals surface area contributed by atoms with Crippen molar-refractivity contribution in [1.29, 1.82) is 0 Å². The molecule has 0 spiro atoms. The topological polar surface area (TPSA) is 57.5 Å². The Morgan fingerprint density at radius 2 is 2.07 bits per heavy atom. The van der Waals surface area contributed by atoms with Gasteiger partial charge in [0.1, 0.15) is 11.5 Å². The van der Waals surface area contributed by atoms with E-state index >= 15 is 0 Å². The summed E-state index contributed by atoms with van der Waals surface area (Å²) in [5, 5.41) is 19.1. The van der Waals surface area contributed by atoms with Crippen LogP contribution in [0.5, 0.6) is 11.5 Å². The molecule has 0 fully saturated rings. The van der Waals surface area contributed by atoms with Gasteiger partial charge < -0.3 is 10.2 Å². The Balaban J connectivity index is 3.38. The predicted molar refractivity (Wildman–Crippen MR) is 53.8 cm³/mol. The summed E-state index contributed by atoms with van der Waals surface area (Å²) in [6.07, 6.45) is 2.14. The van der Waals surface area contributed by atoms with Crippen molar-refractivity contribution in [3.63, 3.8) is 0 Å². The lowest BCUT2D eigenvalue weighted by atomic mass is 9.97. The highest BCUT2D eigenvalue weighted by Gasteiger charge is 2.15. The summed E-state index contributed by atoms with van der Waals surface area (Å²) < 4.78 is 0. The molecule has 0 bridgehead atoms. The van der Waals surface area contributed by atoms with Crippen molar-refractivity contribution in [3.8, 4) is 11.5 Å². The molecule has 0 aliphatic rings. The normalized spacial score (nSPS) is 12.1. The minimum Gasteiger partial charge on any atom is -0.508 e. The van der Waals surface area contributed by atoms with Crippen LogP contribution in [0.4, 0.5) is 0 Å². The number of hydrogen-bond donors (Lipinski definition) is 2. The maximum absolute atomic E-state index is 10.5. The first kappa shape index (κ1) is 10.3. The summed E-state index contributed by atoms with van der Waals surface area (Å²) in [4.78, 5) is 10.5. The van der Waals surface area contributed by atoms with Crippen molar-refractivity contribution in [2.75, 3.05) is 0 Å². The zero-order valence-electron chi connectivity index (χ0n) is 7.90. The monoisotopic (exact) mass is 192 g/mol. The van der Waals surface area contributed by atoms with Gasteiger partial charge in [0.05, 0.1) is 5.56 Å². The molecule has 3 nitrogen and oxygen atoms in total. The number of phenolic OH excluding ortho intramolecular Hbond substituents is 2. The fourth-order valence-corrected chi connectivity index (χ4v) is 1.28. The molecule has 1 aromatic carbocycles. The van der Waals surface area contributed by atoms with Crippen LogP contribution >= 0.6 is 0 Å². The van der Waals surface area contributed by atoms with Gasteiger partial charge in [0.15, 0.2) is 6.29 Å². The van der Waals surface area contributed by atoms with Crippen molar-refractivity contribution in [2.24, 2.45) is 0 Å². The van der Waals surface area contributed by atoms with Gasteiger partial charge in [-0.15, -0.1) is 6.58 Å². The van der Waals surface area contributed by atoms with E-state index in [4.69, 9.17) is 0 Å². The van der Waals surface area contributed by atoms with Crippen molar-refractivity contribution >= 4 is 6.29 Å². The third-order valence-electron chi connectivity index (χ3n) is 2.16. The number of carbonyl (C=O) groups is 1. The zero-order chi connectivity index (χ0) is 10.7. The molecule has 74 valence electrons. The molecule has 3 heteroatoms. The molecule has 1 atom stereocenters. The summed E-state index contributed by atoms with van der Waals surface area (Å²) in [5.74, 6) is -0.400. The quantitative estimate of drug-likeness (QED) is 0.570. The second kappa shape index (κ2) is 3.96. The number of hydrogen-bond acceptors (Lipinski definition) is 3. The first-order valence-corrected chi connectivity index (χ1v) is 4.24. The van der Waals surface area contributed by atoms with Crippen molar-refractivity contribution < 1.29 is 15.0 Å². The molecule has 1 unspecified atom stereocenters. The van der Waals surface area contributed by atoms with Crippen LogP contribution in [0.15, 0.2) is 24.8 Å². The lowest BCUT2D eigenvalue weighted by Gasteiger charge is -2.12. The van der Waals surface area contributed by atoms with Crippen LogP contribution in [0.2, 0.25) is 0 Å². The van der Waals surface area contributed by atoms with Gasteiger partial charge in [-0.3, -0.25) is 4.79 Å². The highest BCUT2D eigenvalue weighted by molar-refractivity contribution is 5.81. The van der Waals surface area contributed by atoms with Gasteiger partial charge in [0.2, 0.25) is 0 Å². The predicted octanol–water partition coefficient (Wildman–Crippen LogP) is 2.20. The van der Waals surface area contributed by atoms with Gasteiger partial charge in [-0.05, 0) is 12.1 Å². The smallest absolute Gasteiger partial charge is 0.153 e. The maximum Gasteiger partial charge on any atom is 0.153 e. The molecule has 0 aliphatic carbocycles. The van der Waals surface area contributed by atoms with Gasteiger partial charge in [-0.25, -0.2) is 0 Å². The van der Waals surface area contributed by atoms with Crippen LogP contribution in [0.3, 0.4) is 0 Å². The Morgan fingerprint density at radius 1 is 1.43 bits per heavy atom. The third-order valence-corrected chi connectivity index (χ3v) is 2.16. The van der Waals surface area contributed by atoms with Crippen LogP contribution in [0, 0.1) is 0 Å². The SMILES string of the molecule is C=CC(C)c1c(O)ccc(C=O)c1O. The van der Waals surface area contributed by atoms with E-state index in [9.17, 15) is 15.0 Å². The molecule has 2 N–H and O–H groups in total. The fourth-order valence-electron chi connectivity index (χ4n) is 1.28. The van der Waals surface area contributed by atoms with Crippen LogP contribution in [0.25, 0.3) is 0 Å². The van der Waals surface area contributed by atoms with Gasteiger partial charge in [-0.2, -0.15) is 0 Å². The highest BCUT2D eigenvalue weighted by atomic mass is 16.3. The summed E-state index contributed by atoms with van der Waals surface area (Å²) in [7, 11) is 0. The van der Waals surface area contributed by atoms with E-state index < -0.39 is 0 Å². The number of benzene rings is 1. The molecular weight excluding hydrogens is 180 g/mol. The molecule has 0 saturated carbocycles. The number of phenols is 2.